The van der Waals surface area contributed by atoms with Gasteiger partial charge < -0.3 is 4.90 Å². The van der Waals surface area contributed by atoms with Gasteiger partial charge >= 0.3 is 0 Å². The molecule has 87 valence electrons. The molecule has 1 saturated carbocycles. The van der Waals surface area contributed by atoms with Gasteiger partial charge in [-0.2, -0.15) is 0 Å². The number of rotatable bonds is 1. The Morgan fingerprint density at radius 2 is 1.53 bits per heavy atom. The first-order chi connectivity index (χ1) is 7.47. The van der Waals surface area contributed by atoms with Crippen LogP contribution in [-0.2, 0) is 0 Å². The predicted molar refractivity (Wildman–Crippen MR) is 65.8 cm³/mol. The molecule has 0 spiro atoms. The first-order valence-corrected chi connectivity index (χ1v) is 7.02. The molecule has 0 amide bonds. The van der Waals surface area contributed by atoms with Gasteiger partial charge in [0.1, 0.15) is 0 Å². The van der Waals surface area contributed by atoms with Crippen molar-refractivity contribution >= 4 is 0 Å². The molecule has 1 aliphatic carbocycles. The zero-order chi connectivity index (χ0) is 10.3. The van der Waals surface area contributed by atoms with Crippen LogP contribution in [0.25, 0.3) is 0 Å². The Kier molecular flexibility index (Phi) is 4.98. The van der Waals surface area contributed by atoms with Crippen LogP contribution in [0, 0.1) is 6.42 Å². The van der Waals surface area contributed by atoms with Gasteiger partial charge in [0.15, 0.2) is 0 Å². The molecular formula is C14H26N. The lowest BCUT2D eigenvalue weighted by molar-refractivity contribution is 0.171. The van der Waals surface area contributed by atoms with E-state index in [0.717, 1.165) is 6.04 Å². The first-order valence-electron chi connectivity index (χ1n) is 7.02. The topological polar surface area (TPSA) is 3.24 Å². The van der Waals surface area contributed by atoms with Crippen LogP contribution in [0.15, 0.2) is 0 Å². The lowest BCUT2D eigenvalue weighted by atomic mass is 10.0. The van der Waals surface area contributed by atoms with Crippen molar-refractivity contribution in [3.05, 3.63) is 6.42 Å². The quantitative estimate of drug-likeness (QED) is 0.593. The summed E-state index contributed by atoms with van der Waals surface area (Å²) in [4.78, 5) is 2.79. The molecule has 2 fully saturated rings. The summed E-state index contributed by atoms with van der Waals surface area (Å²) in [5.74, 6) is 0. The van der Waals surface area contributed by atoms with Crippen molar-refractivity contribution in [2.45, 2.75) is 70.3 Å². The maximum absolute atomic E-state index is 2.79. The third kappa shape index (κ3) is 3.79. The van der Waals surface area contributed by atoms with Crippen LogP contribution in [-0.4, -0.2) is 24.0 Å². The lowest BCUT2D eigenvalue weighted by Crippen LogP contribution is -2.37. The molecule has 2 aliphatic rings. The number of nitrogens with zero attached hydrogens (tertiary/aromatic N) is 1. The summed E-state index contributed by atoms with van der Waals surface area (Å²) in [5.41, 5.74) is 0. The minimum absolute atomic E-state index is 0.930. The van der Waals surface area contributed by atoms with Crippen LogP contribution in [0.2, 0.25) is 0 Å². The largest absolute Gasteiger partial charge is 0.300 e. The minimum Gasteiger partial charge on any atom is -0.300 e. The Balaban J connectivity index is 1.82. The van der Waals surface area contributed by atoms with Gasteiger partial charge in [-0.1, -0.05) is 38.5 Å². The van der Waals surface area contributed by atoms with Crippen molar-refractivity contribution in [3.8, 4) is 0 Å². The molecule has 0 aromatic heterocycles. The summed E-state index contributed by atoms with van der Waals surface area (Å²) >= 11 is 0. The number of hydrogen-bond donors (Lipinski definition) is 0. The summed E-state index contributed by atoms with van der Waals surface area (Å²) in [6.07, 6.45) is 16.9. The summed E-state index contributed by atoms with van der Waals surface area (Å²) in [5, 5.41) is 0. The predicted octanol–water partition coefficient (Wildman–Crippen LogP) is 3.79. The van der Waals surface area contributed by atoms with Gasteiger partial charge in [-0.15, -0.1) is 0 Å². The Morgan fingerprint density at radius 1 is 0.733 bits per heavy atom. The fraction of sp³-hybridized carbons (Fsp3) is 0.929. The third-order valence-corrected chi connectivity index (χ3v) is 4.07. The van der Waals surface area contributed by atoms with Crippen molar-refractivity contribution in [2.75, 3.05) is 13.1 Å². The first kappa shape index (κ1) is 11.4. The van der Waals surface area contributed by atoms with Crippen molar-refractivity contribution in [1.82, 2.24) is 4.90 Å². The van der Waals surface area contributed by atoms with Crippen molar-refractivity contribution in [2.24, 2.45) is 0 Å². The molecule has 0 aromatic rings. The zero-order valence-electron chi connectivity index (χ0n) is 10.1. The number of likely N-dealkylation sites (tertiary alicyclic amines) is 1. The molecule has 1 saturated heterocycles. The second-order valence-corrected chi connectivity index (χ2v) is 5.25. The second-order valence-electron chi connectivity index (χ2n) is 5.25. The average Bonchev–Trinajstić information content (AvgIpc) is 2.45. The monoisotopic (exact) mass is 208 g/mol. The molecule has 0 bridgehead atoms. The molecule has 1 radical (unpaired) electrons. The van der Waals surface area contributed by atoms with E-state index >= 15 is 0 Å². The van der Waals surface area contributed by atoms with Crippen LogP contribution in [0.3, 0.4) is 0 Å². The van der Waals surface area contributed by atoms with E-state index in [0.29, 0.717) is 0 Å². The molecule has 1 aliphatic heterocycles. The minimum atomic E-state index is 0.930. The van der Waals surface area contributed by atoms with Gasteiger partial charge in [-0.25, -0.2) is 0 Å². The van der Waals surface area contributed by atoms with E-state index in [1.54, 1.807) is 0 Å². The van der Waals surface area contributed by atoms with E-state index < -0.39 is 0 Å². The fourth-order valence-electron chi connectivity index (χ4n) is 3.10. The molecule has 1 nitrogen and oxygen atoms in total. The Hall–Kier alpha value is -0.0400. The highest BCUT2D eigenvalue weighted by Crippen LogP contribution is 2.23. The number of hydrogen-bond acceptors (Lipinski definition) is 1. The highest BCUT2D eigenvalue weighted by Gasteiger charge is 2.19. The summed E-state index contributed by atoms with van der Waals surface area (Å²) in [7, 11) is 0. The molecule has 0 aromatic carbocycles. The smallest absolute Gasteiger partial charge is 0.00952 e. The highest BCUT2D eigenvalue weighted by atomic mass is 15.1. The normalized spacial score (nSPS) is 28.0. The van der Waals surface area contributed by atoms with Gasteiger partial charge in [-0.3, -0.25) is 0 Å². The van der Waals surface area contributed by atoms with Crippen LogP contribution in [0.5, 0.6) is 0 Å². The molecular weight excluding hydrogens is 182 g/mol. The Labute approximate surface area is 95.2 Å². The molecule has 0 atom stereocenters. The van der Waals surface area contributed by atoms with Crippen LogP contribution in [0.1, 0.15) is 64.2 Å². The van der Waals surface area contributed by atoms with Crippen LogP contribution < -0.4 is 0 Å². The average molecular weight is 208 g/mol. The molecule has 15 heavy (non-hydrogen) atoms. The summed E-state index contributed by atoms with van der Waals surface area (Å²) < 4.78 is 0. The van der Waals surface area contributed by atoms with E-state index in [9.17, 15) is 0 Å². The van der Waals surface area contributed by atoms with E-state index in [2.05, 4.69) is 11.3 Å². The van der Waals surface area contributed by atoms with Crippen LogP contribution >= 0.6 is 0 Å². The molecule has 0 unspecified atom stereocenters. The molecule has 0 N–H and O–H groups in total. The van der Waals surface area contributed by atoms with Crippen molar-refractivity contribution in [3.63, 3.8) is 0 Å². The maximum atomic E-state index is 2.79. The van der Waals surface area contributed by atoms with Gasteiger partial charge in [-0.05, 0) is 45.2 Å². The Morgan fingerprint density at radius 3 is 2.33 bits per heavy atom. The lowest BCUT2D eigenvalue weighted by Gasteiger charge is -2.32. The van der Waals surface area contributed by atoms with Crippen LogP contribution in [0.4, 0.5) is 0 Å². The molecule has 2 rings (SSSR count). The SMILES string of the molecule is [CH]1CCCCN(C2CCCCCC2)CC1. The van der Waals surface area contributed by atoms with E-state index in [1.807, 2.05) is 0 Å². The standard InChI is InChI=1S/C14H26N/c1-4-8-12-15(13-9-5-1)14-10-6-2-3-7-11-14/h4,14H,1-3,5-13H2. The second kappa shape index (κ2) is 6.52. The summed E-state index contributed by atoms with van der Waals surface area (Å²) in [6.45, 7) is 2.71. The van der Waals surface area contributed by atoms with E-state index in [1.165, 1.54) is 77.3 Å². The Bertz CT molecular complexity index is 151. The fourth-order valence-corrected chi connectivity index (χ4v) is 3.10. The van der Waals surface area contributed by atoms with Crippen molar-refractivity contribution in [1.29, 1.82) is 0 Å². The molecule has 1 heterocycles. The van der Waals surface area contributed by atoms with Gasteiger partial charge in [0.25, 0.3) is 0 Å². The molecule has 1 heteroatoms. The summed E-state index contributed by atoms with van der Waals surface area (Å²) in [6, 6.07) is 0.930. The van der Waals surface area contributed by atoms with E-state index in [4.69, 9.17) is 0 Å². The highest BCUT2D eigenvalue weighted by molar-refractivity contribution is 4.79. The van der Waals surface area contributed by atoms with Gasteiger partial charge in [0.2, 0.25) is 0 Å². The van der Waals surface area contributed by atoms with E-state index in [-0.39, 0.29) is 0 Å². The zero-order valence-corrected chi connectivity index (χ0v) is 10.1. The third-order valence-electron chi connectivity index (χ3n) is 4.07. The van der Waals surface area contributed by atoms with Gasteiger partial charge in [0, 0.05) is 6.04 Å². The van der Waals surface area contributed by atoms with Crippen molar-refractivity contribution < 1.29 is 0 Å². The maximum Gasteiger partial charge on any atom is 0.00952 e. The van der Waals surface area contributed by atoms with Gasteiger partial charge in [0.05, 0.1) is 0 Å².